The van der Waals surface area contributed by atoms with Crippen LogP contribution in [0.15, 0.2) is 0 Å². The van der Waals surface area contributed by atoms with Crippen molar-refractivity contribution in [2.24, 2.45) is 0 Å². The monoisotopic (exact) mass is 1170 g/mol. The Bertz CT molecular complexity index is 1920. The fourth-order valence-corrected chi connectivity index (χ4v) is 9.90. The first-order valence-corrected chi connectivity index (χ1v) is 25.3. The number of carbonyl (C=O) groups excluding carboxylic acids is 3. The van der Waals surface area contributed by atoms with Gasteiger partial charge in [0.15, 0.2) is 37.7 Å². The number of carbonyl (C=O) groups is 3. The maximum Gasteiger partial charge on any atom is 0.217 e. The van der Waals surface area contributed by atoms with Crippen molar-refractivity contribution in [1.29, 1.82) is 0 Å². The van der Waals surface area contributed by atoms with Crippen LogP contribution >= 0.6 is 0 Å². The van der Waals surface area contributed by atoms with Gasteiger partial charge in [0.2, 0.25) is 18.2 Å². The first-order chi connectivity index (χ1) is 38.0. The predicted octanol–water partition coefficient (Wildman–Crippen LogP) is -14.7. The first kappa shape index (κ1) is 66.4. The quantitative estimate of drug-likeness (QED) is 0.0399. The highest BCUT2D eigenvalue weighted by molar-refractivity contribution is 5.73. The molecule has 0 saturated carbocycles. The van der Waals surface area contributed by atoms with Crippen molar-refractivity contribution >= 4 is 18.2 Å². The van der Waals surface area contributed by atoms with Gasteiger partial charge in [-0.25, -0.2) is 0 Å². The summed E-state index contributed by atoms with van der Waals surface area (Å²) in [7, 11) is 0. The second-order valence-electron chi connectivity index (χ2n) is 19.7. The van der Waals surface area contributed by atoms with Crippen LogP contribution in [0.5, 0.6) is 0 Å². The molecule has 0 bridgehead atoms. The molecule has 6 aliphatic heterocycles. The van der Waals surface area contributed by atoms with Gasteiger partial charge in [-0.05, 0) is 0 Å². The molecule has 36 heteroatoms. The number of aliphatic hydroxyl groups is 18. The molecule has 3 amide bonds. The number of nitrogens with one attached hydrogen (secondary N) is 3. The third-order valence-corrected chi connectivity index (χ3v) is 14.2. The molecule has 0 aromatic rings. The van der Waals surface area contributed by atoms with Crippen molar-refractivity contribution in [1.82, 2.24) is 16.0 Å². The lowest BCUT2D eigenvalue weighted by atomic mass is 9.94. The van der Waals surface area contributed by atoms with Gasteiger partial charge >= 0.3 is 0 Å². The smallest absolute Gasteiger partial charge is 0.217 e. The average molecular weight is 1170 g/mol. The van der Waals surface area contributed by atoms with Gasteiger partial charge < -0.3 is 165 Å². The van der Waals surface area contributed by atoms with Crippen LogP contribution < -0.4 is 16.0 Å². The van der Waals surface area contributed by atoms with Crippen LogP contribution in [0.2, 0.25) is 0 Å². The Labute approximate surface area is 453 Å². The van der Waals surface area contributed by atoms with E-state index in [2.05, 4.69) is 16.0 Å². The summed E-state index contributed by atoms with van der Waals surface area (Å²) in [5, 5.41) is 201. The van der Waals surface area contributed by atoms with Crippen LogP contribution in [0.4, 0.5) is 0 Å². The summed E-state index contributed by atoms with van der Waals surface area (Å²) in [5.41, 5.74) is 0. The summed E-state index contributed by atoms with van der Waals surface area (Å²) in [6, 6.07) is -4.39. The lowest BCUT2D eigenvalue weighted by molar-refractivity contribution is -0.390. The fraction of sp³-hybridized carbons (Fsp3) is 0.932. The molecule has 6 heterocycles. The number of hydrogen-bond donors (Lipinski definition) is 21. The molecule has 6 rings (SSSR count). The summed E-state index contributed by atoms with van der Waals surface area (Å²) in [6.45, 7) is -4.95. The minimum atomic E-state index is -2.26. The normalized spacial score (nSPS) is 46.8. The molecule has 0 aliphatic carbocycles. The number of aliphatic hydroxyl groups excluding tert-OH is 18. The van der Waals surface area contributed by atoms with Gasteiger partial charge in [-0.15, -0.1) is 0 Å². The van der Waals surface area contributed by atoms with E-state index in [9.17, 15) is 106 Å². The Balaban J connectivity index is 1.19. The van der Waals surface area contributed by atoms with E-state index < -0.39 is 255 Å². The Morgan fingerprint density at radius 2 is 0.738 bits per heavy atom. The van der Waals surface area contributed by atoms with Crippen LogP contribution in [0.25, 0.3) is 0 Å². The summed E-state index contributed by atoms with van der Waals surface area (Å²) in [4.78, 5) is 35.7. The average Bonchev–Trinajstić information content (AvgIpc) is 3.43. The van der Waals surface area contributed by atoms with Gasteiger partial charge in [0.25, 0.3) is 0 Å². The third-order valence-electron chi connectivity index (χ3n) is 14.2. The van der Waals surface area contributed by atoms with Gasteiger partial charge in [-0.1, -0.05) is 0 Å². The standard InChI is InChI=1S/C44H75N3O33/c1-12(56)46-21-27(62)23(58)15(4-49)70-39(21)79-37-25(60)18(7-52)73-44(33(37)68)78-36-22(47-13(2)57)40(71-16(5-50)24(36)59)80-38-26(61)17(6-51)72-43(32(38)67)77-35-20(9-54)75-42(31(66)29(35)64)76-34-19(8-53)74-41(30(65)28(34)63)69-10-14(3-48)45-11-55/h11,14-44,48-54,58-68H,3-10H2,1-2H3,(H,45,55)(H,46,56)(H,47,57)/t14-,15-,16-,17-,18-,19-,20-,21-,22-,23+,24+,25+,26+,27-,28-,29-,30-,31-,32-,33-,34-,35+,36-,37+,38+,39-,40+,41-,42+,43-,44+/m1/s1. The highest BCUT2D eigenvalue weighted by Gasteiger charge is 2.58. The molecule has 80 heavy (non-hydrogen) atoms. The molecular formula is C44H75N3O33. The molecule has 31 atom stereocenters. The van der Waals surface area contributed by atoms with Crippen molar-refractivity contribution in [3.63, 3.8) is 0 Å². The van der Waals surface area contributed by atoms with Crippen molar-refractivity contribution in [2.45, 2.75) is 204 Å². The van der Waals surface area contributed by atoms with Crippen molar-refractivity contribution in [2.75, 3.05) is 52.9 Å². The molecule has 0 aromatic heterocycles. The minimum Gasteiger partial charge on any atom is -0.394 e. The molecule has 0 unspecified atom stereocenters. The molecule has 464 valence electrons. The van der Waals surface area contributed by atoms with E-state index in [1.54, 1.807) is 0 Å². The molecule has 0 aromatic carbocycles. The third kappa shape index (κ3) is 14.8. The Kier molecular flexibility index (Phi) is 24.7. The maximum absolute atomic E-state index is 12.8. The van der Waals surface area contributed by atoms with Crippen molar-refractivity contribution in [3.05, 3.63) is 0 Å². The van der Waals surface area contributed by atoms with Crippen LogP contribution in [0.1, 0.15) is 13.8 Å². The SMILES string of the molecule is CC(=O)N[C@H]1[C@@H](O[C@H]2[C@@H](O)[C@@H](CO)O[C@@H](O[C@H]3[C@@H](O)[C@@H](CO)O[C@@H](O[C@H]4[C@@H](O)[C@@H](CO)O[C@H](O[C@@H]5[C@H](O)[C@@H](O)[C@H](O[C@H]6[C@H](O)[C@@H](O)[C@H](OC[C@@H](CO)NC=O)O[C@@H]6CO)O[C@@H]5CO)[C@@H]4O)[C@@H]3NC(C)=O)[C@@H]2O)O[C@H](CO)[C@H](O)[C@@H]1O. The zero-order valence-electron chi connectivity index (χ0n) is 42.8. The zero-order chi connectivity index (χ0) is 59.0. The summed E-state index contributed by atoms with van der Waals surface area (Å²) >= 11 is 0. The molecule has 6 aliphatic rings. The summed E-state index contributed by atoms with van der Waals surface area (Å²) in [5.74, 6) is -1.65. The topological polar surface area (TPSA) is 562 Å². The number of ether oxygens (including phenoxy) is 12. The number of hydrogen-bond acceptors (Lipinski definition) is 33. The molecule has 6 saturated heterocycles. The Morgan fingerprint density at radius 1 is 0.400 bits per heavy atom. The molecule has 6 fully saturated rings. The largest absolute Gasteiger partial charge is 0.394 e. The second-order valence-corrected chi connectivity index (χ2v) is 19.7. The second kappa shape index (κ2) is 29.8. The van der Waals surface area contributed by atoms with E-state index in [1.165, 1.54) is 0 Å². The lowest BCUT2D eigenvalue weighted by Gasteiger charge is -2.51. The number of rotatable bonds is 24. The molecule has 0 radical (unpaired) electrons. The van der Waals surface area contributed by atoms with E-state index in [0.717, 1.165) is 13.8 Å². The van der Waals surface area contributed by atoms with Gasteiger partial charge in [-0.2, -0.15) is 0 Å². The van der Waals surface area contributed by atoms with Gasteiger partial charge in [0.1, 0.15) is 146 Å². The molecular weight excluding hydrogens is 1100 g/mol. The molecule has 21 N–H and O–H groups in total. The van der Waals surface area contributed by atoms with Crippen molar-refractivity contribution in [3.8, 4) is 0 Å². The lowest BCUT2D eigenvalue weighted by Crippen LogP contribution is -2.71. The molecule has 0 spiro atoms. The fourth-order valence-electron chi connectivity index (χ4n) is 9.90. The highest BCUT2D eigenvalue weighted by Crippen LogP contribution is 2.37. The van der Waals surface area contributed by atoms with E-state index in [1.807, 2.05) is 0 Å². The van der Waals surface area contributed by atoms with E-state index >= 15 is 0 Å². The Morgan fingerprint density at radius 3 is 1.16 bits per heavy atom. The minimum absolute atomic E-state index is 0.277. The molecule has 36 nitrogen and oxygen atoms in total. The Hall–Kier alpha value is -2.79. The van der Waals surface area contributed by atoms with Gasteiger partial charge in [0, 0.05) is 13.8 Å². The number of amides is 3. The summed E-state index contributed by atoms with van der Waals surface area (Å²) in [6.07, 6.45) is -53.6. The van der Waals surface area contributed by atoms with Gasteiger partial charge in [0.05, 0.1) is 58.9 Å². The first-order valence-electron chi connectivity index (χ1n) is 25.3. The van der Waals surface area contributed by atoms with E-state index in [-0.39, 0.29) is 6.41 Å². The highest BCUT2D eigenvalue weighted by atomic mass is 16.8. The zero-order valence-corrected chi connectivity index (χ0v) is 42.8. The maximum atomic E-state index is 12.8. The van der Waals surface area contributed by atoms with Gasteiger partial charge in [-0.3, -0.25) is 14.4 Å². The predicted molar refractivity (Wildman–Crippen MR) is 246 cm³/mol. The van der Waals surface area contributed by atoms with Crippen LogP contribution in [-0.4, -0.2) is 353 Å². The van der Waals surface area contributed by atoms with E-state index in [0.29, 0.717) is 0 Å². The van der Waals surface area contributed by atoms with E-state index in [4.69, 9.17) is 56.8 Å². The van der Waals surface area contributed by atoms with Crippen LogP contribution in [0, 0.1) is 0 Å². The van der Waals surface area contributed by atoms with Crippen molar-refractivity contribution < 1.29 is 163 Å². The van der Waals surface area contributed by atoms with Crippen LogP contribution in [-0.2, 0) is 71.2 Å². The van der Waals surface area contributed by atoms with Crippen LogP contribution in [0.3, 0.4) is 0 Å². The summed E-state index contributed by atoms with van der Waals surface area (Å²) < 4.78 is 68.7.